The van der Waals surface area contributed by atoms with Gasteiger partial charge in [0.2, 0.25) is 0 Å². The third-order valence-electron chi connectivity index (χ3n) is 2.65. The molecule has 0 saturated heterocycles. The Kier molecular flexibility index (Phi) is 2.54. The van der Waals surface area contributed by atoms with Gasteiger partial charge in [0.1, 0.15) is 11.5 Å². The quantitative estimate of drug-likeness (QED) is 0.782. The first-order valence-corrected chi connectivity index (χ1v) is 5.60. The summed E-state index contributed by atoms with van der Waals surface area (Å²) in [5.74, 6) is 0.0216. The van der Waals surface area contributed by atoms with Gasteiger partial charge < -0.3 is 4.74 Å². The average Bonchev–Trinajstić information content (AvgIpc) is 2.29. The Bertz CT molecular complexity index is 456. The van der Waals surface area contributed by atoms with Crippen LogP contribution in [0.1, 0.15) is 48.1 Å². The molecule has 0 radical (unpaired) electrons. The highest BCUT2D eigenvalue weighted by molar-refractivity contribution is 5.79. The van der Waals surface area contributed by atoms with Gasteiger partial charge in [0.25, 0.3) is 0 Å². The lowest BCUT2D eigenvalue weighted by atomic mass is 9.83. The van der Waals surface area contributed by atoms with Crippen molar-refractivity contribution in [3.05, 3.63) is 29.8 Å². The minimum Gasteiger partial charge on any atom is -0.494 e. The molecule has 1 aromatic carbocycles. The second-order valence-electron chi connectivity index (χ2n) is 3.84. The predicted octanol–water partition coefficient (Wildman–Crippen LogP) is 3.31. The maximum absolute atomic E-state index is 11.4. The molecule has 1 aliphatic rings. The monoisotopic (exact) mass is 221 g/mol. The molecule has 1 aliphatic carbocycles. The Morgan fingerprint density at radius 1 is 1.38 bits per heavy atom. The Morgan fingerprint density at radius 3 is 2.75 bits per heavy atom. The molecular formula is C14H18O2. The second kappa shape index (κ2) is 5.15. The molecule has 86 valence electrons. The highest BCUT2D eigenvalue weighted by atomic mass is 16.5. The lowest BCUT2D eigenvalue weighted by Gasteiger charge is -2.21. The number of hydrogen-bond acceptors (Lipinski definition) is 2. The van der Waals surface area contributed by atoms with Gasteiger partial charge in [0, 0.05) is 17.0 Å². The van der Waals surface area contributed by atoms with E-state index in [1.165, 1.54) is 0 Å². The van der Waals surface area contributed by atoms with Gasteiger partial charge in [-0.25, -0.2) is 0 Å². The summed E-state index contributed by atoms with van der Waals surface area (Å²) in [5.41, 5.74) is 0.765. The SMILES string of the molecule is [2H]C1CC(=O)CC([2H])([2H])C1c1ccc(OCC)cc1. The van der Waals surface area contributed by atoms with Crippen LogP contribution in [0.25, 0.3) is 0 Å². The molecule has 16 heavy (non-hydrogen) atoms. The summed E-state index contributed by atoms with van der Waals surface area (Å²) in [6, 6.07) is 7.17. The van der Waals surface area contributed by atoms with Crippen molar-refractivity contribution in [1.29, 1.82) is 0 Å². The molecule has 1 fully saturated rings. The van der Waals surface area contributed by atoms with Crippen molar-refractivity contribution in [2.45, 2.75) is 38.5 Å². The standard InChI is InChI=1S/C14H18O2/c1-2-16-14-9-5-12(6-10-14)11-3-7-13(15)8-4-11/h5-6,9-11H,2-4,7-8H2,1H3/i3D,4D2. The van der Waals surface area contributed by atoms with E-state index >= 15 is 0 Å². The summed E-state index contributed by atoms with van der Waals surface area (Å²) < 4.78 is 29.4. The molecule has 1 saturated carbocycles. The Labute approximate surface area is 101 Å². The highest BCUT2D eigenvalue weighted by Crippen LogP contribution is 2.31. The molecule has 0 amide bonds. The van der Waals surface area contributed by atoms with Crippen LogP contribution in [-0.4, -0.2) is 12.4 Å². The third-order valence-corrected chi connectivity index (χ3v) is 2.65. The fourth-order valence-electron chi connectivity index (χ4n) is 1.82. The minimum absolute atomic E-state index is 0.0970. The predicted molar refractivity (Wildman–Crippen MR) is 63.8 cm³/mol. The highest BCUT2D eigenvalue weighted by Gasteiger charge is 2.19. The number of hydrogen-bond donors (Lipinski definition) is 0. The smallest absolute Gasteiger partial charge is 0.132 e. The largest absolute Gasteiger partial charge is 0.494 e. The topological polar surface area (TPSA) is 26.3 Å². The molecule has 0 N–H and O–H groups in total. The first-order chi connectivity index (χ1) is 8.94. The van der Waals surface area contributed by atoms with Crippen molar-refractivity contribution < 1.29 is 13.6 Å². The zero-order chi connectivity index (χ0) is 14.0. The number of carbonyl (C=O) groups excluding carboxylic acids is 1. The fourth-order valence-corrected chi connectivity index (χ4v) is 1.82. The van der Waals surface area contributed by atoms with Crippen molar-refractivity contribution in [1.82, 2.24) is 0 Å². The maximum atomic E-state index is 11.4. The van der Waals surface area contributed by atoms with E-state index in [1.807, 2.05) is 6.92 Å². The Balaban J connectivity index is 2.26. The van der Waals surface area contributed by atoms with Crippen molar-refractivity contribution in [3.8, 4) is 5.75 Å². The third kappa shape index (κ3) is 2.63. The van der Waals surface area contributed by atoms with Crippen LogP contribution in [0.3, 0.4) is 0 Å². The summed E-state index contributed by atoms with van der Waals surface area (Å²) >= 11 is 0. The Morgan fingerprint density at radius 2 is 2.12 bits per heavy atom. The molecule has 0 aliphatic heterocycles. The number of carbonyl (C=O) groups is 1. The van der Waals surface area contributed by atoms with E-state index in [2.05, 4.69) is 0 Å². The molecule has 2 nitrogen and oxygen atoms in total. The van der Waals surface area contributed by atoms with E-state index in [9.17, 15) is 4.79 Å². The van der Waals surface area contributed by atoms with Crippen LogP contribution in [0, 0.1) is 0 Å². The van der Waals surface area contributed by atoms with Gasteiger partial charge in [0.15, 0.2) is 0 Å². The maximum Gasteiger partial charge on any atom is 0.132 e. The van der Waals surface area contributed by atoms with E-state index in [0.717, 1.165) is 11.3 Å². The lowest BCUT2D eigenvalue weighted by molar-refractivity contribution is -0.120. The van der Waals surface area contributed by atoms with Gasteiger partial charge in [-0.05, 0) is 43.3 Å². The van der Waals surface area contributed by atoms with Gasteiger partial charge in [0.05, 0.1) is 6.61 Å². The van der Waals surface area contributed by atoms with Gasteiger partial charge in [-0.15, -0.1) is 0 Å². The molecule has 2 unspecified atom stereocenters. The molecule has 2 heteroatoms. The normalized spacial score (nSPS) is 31.3. The van der Waals surface area contributed by atoms with Crippen molar-refractivity contribution >= 4 is 5.78 Å². The fraction of sp³-hybridized carbons (Fsp3) is 0.500. The molecule has 1 aromatic rings. The van der Waals surface area contributed by atoms with Crippen LogP contribution in [0.4, 0.5) is 0 Å². The summed E-state index contributed by atoms with van der Waals surface area (Å²) in [6.45, 7) is 2.48. The molecule has 2 atom stereocenters. The summed E-state index contributed by atoms with van der Waals surface area (Å²) in [6.07, 6.45) is -2.32. The van der Waals surface area contributed by atoms with Gasteiger partial charge in [-0.3, -0.25) is 4.79 Å². The number of rotatable bonds is 3. The second-order valence-corrected chi connectivity index (χ2v) is 3.84. The molecule has 0 spiro atoms. The molecular weight excluding hydrogens is 200 g/mol. The zero-order valence-corrected chi connectivity index (χ0v) is 9.40. The molecule has 0 heterocycles. The lowest BCUT2D eigenvalue weighted by Crippen LogP contribution is -2.12. The molecule has 0 bridgehead atoms. The van der Waals surface area contributed by atoms with E-state index in [0.29, 0.717) is 6.61 Å². The first-order valence-electron chi connectivity index (χ1n) is 7.18. The van der Waals surface area contributed by atoms with Crippen LogP contribution in [0.5, 0.6) is 5.75 Å². The van der Waals surface area contributed by atoms with Crippen molar-refractivity contribution in [3.63, 3.8) is 0 Å². The number of ketones is 1. The Hall–Kier alpha value is -1.31. The van der Waals surface area contributed by atoms with Crippen LogP contribution in [0.2, 0.25) is 0 Å². The first kappa shape index (κ1) is 7.88. The number of ether oxygens (including phenoxy) is 1. The van der Waals surface area contributed by atoms with E-state index in [4.69, 9.17) is 8.85 Å². The van der Waals surface area contributed by atoms with Crippen LogP contribution in [0.15, 0.2) is 24.3 Å². The summed E-state index contributed by atoms with van der Waals surface area (Å²) in [7, 11) is 0. The van der Waals surface area contributed by atoms with Crippen molar-refractivity contribution in [2.75, 3.05) is 6.61 Å². The minimum atomic E-state index is -1.64. The zero-order valence-electron chi connectivity index (χ0n) is 12.4. The van der Waals surface area contributed by atoms with Gasteiger partial charge in [-0.1, -0.05) is 12.1 Å². The van der Waals surface area contributed by atoms with Gasteiger partial charge >= 0.3 is 0 Å². The number of Topliss-reactive ketones (excluding diaryl/α,β-unsaturated/α-hetero) is 1. The van der Waals surface area contributed by atoms with Crippen LogP contribution in [-0.2, 0) is 4.79 Å². The molecule has 2 rings (SSSR count). The van der Waals surface area contributed by atoms with Crippen molar-refractivity contribution in [2.24, 2.45) is 0 Å². The van der Waals surface area contributed by atoms with Crippen LogP contribution < -0.4 is 4.74 Å². The molecule has 0 aromatic heterocycles. The number of benzene rings is 1. The summed E-state index contributed by atoms with van der Waals surface area (Å²) in [4.78, 5) is 11.4. The van der Waals surface area contributed by atoms with E-state index < -0.39 is 18.7 Å². The summed E-state index contributed by atoms with van der Waals surface area (Å²) in [5, 5.41) is 0. The van der Waals surface area contributed by atoms with E-state index in [-0.39, 0.29) is 18.6 Å². The van der Waals surface area contributed by atoms with Crippen LogP contribution >= 0.6 is 0 Å². The van der Waals surface area contributed by atoms with Gasteiger partial charge in [-0.2, -0.15) is 0 Å². The van der Waals surface area contributed by atoms with E-state index in [1.54, 1.807) is 24.3 Å². The average molecular weight is 221 g/mol.